The molecule has 0 spiro atoms. The van der Waals surface area contributed by atoms with Crippen molar-refractivity contribution in [2.45, 2.75) is 84.9 Å². The third-order valence-electron chi connectivity index (χ3n) is 6.66. The van der Waals surface area contributed by atoms with Crippen molar-refractivity contribution in [2.75, 3.05) is 10.2 Å². The quantitative estimate of drug-likeness (QED) is 0.274. The van der Waals surface area contributed by atoms with E-state index in [1.54, 1.807) is 24.3 Å². The number of hydrogen-bond donors (Lipinski definition) is 1. The summed E-state index contributed by atoms with van der Waals surface area (Å²) in [6.07, 6.45) is -3.34. The molecule has 1 fully saturated rings. The van der Waals surface area contributed by atoms with Crippen molar-refractivity contribution in [1.82, 2.24) is 14.9 Å². The number of rotatable bonds is 7. The first kappa shape index (κ1) is 33.0. The summed E-state index contributed by atoms with van der Waals surface area (Å²) in [5.74, 6) is -0.480. The van der Waals surface area contributed by atoms with Crippen LogP contribution >= 0.6 is 0 Å². The van der Waals surface area contributed by atoms with E-state index < -0.39 is 46.0 Å². The maximum atomic E-state index is 13.7. The molecule has 1 N–H and O–H groups in total. The second kappa shape index (κ2) is 11.6. The predicted molar refractivity (Wildman–Crippen MR) is 161 cm³/mol. The monoisotopic (exact) mass is 624 g/mol. The molecule has 10 nitrogen and oxygen atoms in total. The second-order valence-electron chi connectivity index (χ2n) is 13.0. The minimum absolute atomic E-state index is 0.0683. The lowest BCUT2D eigenvalue weighted by Crippen LogP contribution is -2.43. The molecule has 1 aliphatic rings. The van der Waals surface area contributed by atoms with Gasteiger partial charge in [-0.1, -0.05) is 18.2 Å². The Labute approximate surface area is 259 Å². The summed E-state index contributed by atoms with van der Waals surface area (Å²) in [6, 6.07) is 10.6. The Kier molecular flexibility index (Phi) is 8.50. The number of nitriles is 1. The van der Waals surface area contributed by atoms with Crippen molar-refractivity contribution in [3.63, 3.8) is 0 Å². The maximum Gasteiger partial charge on any atom is 0.417 e. The van der Waals surface area contributed by atoms with Crippen LogP contribution in [0.15, 0.2) is 48.7 Å². The van der Waals surface area contributed by atoms with Crippen molar-refractivity contribution < 1.29 is 32.2 Å². The van der Waals surface area contributed by atoms with Gasteiger partial charge in [0.1, 0.15) is 22.4 Å². The highest BCUT2D eigenvalue weighted by molar-refractivity contribution is 6.23. The van der Waals surface area contributed by atoms with Crippen LogP contribution in [0.4, 0.5) is 35.0 Å². The third-order valence-corrected chi connectivity index (χ3v) is 6.66. The molecule has 238 valence electrons. The summed E-state index contributed by atoms with van der Waals surface area (Å²) in [6.45, 7) is 14.2. The summed E-state index contributed by atoms with van der Waals surface area (Å²) in [5, 5.41) is 12.4. The molecule has 0 radical (unpaired) electrons. The first-order valence-corrected chi connectivity index (χ1v) is 14.1. The highest BCUT2D eigenvalue weighted by Gasteiger charge is 2.52. The van der Waals surface area contributed by atoms with Gasteiger partial charge in [-0.05, 0) is 85.2 Å². The summed E-state index contributed by atoms with van der Waals surface area (Å²) < 4.78 is 52.9. The third kappa shape index (κ3) is 7.28. The lowest BCUT2D eigenvalue weighted by Gasteiger charge is -2.29. The summed E-state index contributed by atoms with van der Waals surface area (Å²) in [7, 11) is 0. The molecule has 4 rings (SSSR count). The first-order chi connectivity index (χ1) is 20.7. The van der Waals surface area contributed by atoms with Gasteiger partial charge in [0.05, 0.1) is 35.6 Å². The van der Waals surface area contributed by atoms with Gasteiger partial charge < -0.3 is 19.7 Å². The van der Waals surface area contributed by atoms with E-state index in [4.69, 9.17) is 14.7 Å². The van der Waals surface area contributed by atoms with Gasteiger partial charge in [0.25, 0.3) is 5.91 Å². The number of carbonyl (C=O) groups is 2. The Balaban J connectivity index is 1.68. The molecule has 2 heterocycles. The molecule has 45 heavy (non-hydrogen) atoms. The Morgan fingerprint density at radius 2 is 1.60 bits per heavy atom. The first-order valence-electron chi connectivity index (χ1n) is 14.1. The van der Waals surface area contributed by atoms with Crippen molar-refractivity contribution in [1.29, 1.82) is 5.26 Å². The molecule has 1 aliphatic heterocycles. The molecule has 0 saturated carbocycles. The fourth-order valence-corrected chi connectivity index (χ4v) is 4.56. The maximum absolute atomic E-state index is 13.7. The van der Waals surface area contributed by atoms with E-state index in [0.717, 1.165) is 12.1 Å². The predicted octanol–water partition coefficient (Wildman–Crippen LogP) is 7.21. The number of imide groups is 1. The fourth-order valence-electron chi connectivity index (χ4n) is 4.56. The van der Waals surface area contributed by atoms with Gasteiger partial charge in [0.15, 0.2) is 0 Å². The van der Waals surface area contributed by atoms with E-state index in [9.17, 15) is 22.8 Å². The number of hydrogen-bond acceptors (Lipinski definition) is 8. The molecule has 0 unspecified atom stereocenters. The van der Waals surface area contributed by atoms with Gasteiger partial charge >= 0.3 is 18.2 Å². The zero-order valence-electron chi connectivity index (χ0n) is 26.3. The highest BCUT2D eigenvalue weighted by atomic mass is 19.4. The number of nitrogens with zero attached hydrogens (tertiary/aromatic N) is 5. The number of nitrogens with one attached hydrogen (secondary N) is 1. The summed E-state index contributed by atoms with van der Waals surface area (Å²) >= 11 is 0. The van der Waals surface area contributed by atoms with Gasteiger partial charge in [-0.3, -0.25) is 4.79 Å². The Morgan fingerprint density at radius 3 is 2.20 bits per heavy atom. The zero-order valence-corrected chi connectivity index (χ0v) is 26.3. The summed E-state index contributed by atoms with van der Waals surface area (Å²) in [5.41, 5.74) is -3.13. The molecular weight excluding hydrogens is 589 g/mol. The van der Waals surface area contributed by atoms with Gasteiger partial charge in [0.2, 0.25) is 5.88 Å². The highest BCUT2D eigenvalue weighted by Crippen LogP contribution is 2.39. The lowest BCUT2D eigenvalue weighted by atomic mass is 10.0. The molecule has 3 aromatic rings. The SMILES string of the molecule is CC(C)(C)Oc1ncc(Nc2ccccc2CN2C(=O)N(c3ccc(C#N)c(C(F)(F)F)c3)C(=O)C2(C)C)c(OC(C)(C)C)n1. The molecule has 1 saturated heterocycles. The van der Waals surface area contributed by atoms with E-state index in [-0.39, 0.29) is 24.1 Å². The number of anilines is 3. The number of urea groups is 1. The average Bonchev–Trinajstić information content (AvgIpc) is 3.07. The minimum atomic E-state index is -4.86. The molecule has 0 aliphatic carbocycles. The van der Waals surface area contributed by atoms with Gasteiger partial charge in [-0.2, -0.15) is 23.4 Å². The van der Waals surface area contributed by atoms with E-state index in [2.05, 4.69) is 15.3 Å². The number of halogens is 3. The van der Waals surface area contributed by atoms with Crippen LogP contribution in [-0.4, -0.2) is 43.5 Å². The van der Waals surface area contributed by atoms with Crippen molar-refractivity contribution in [3.8, 4) is 18.0 Å². The number of ether oxygens (including phenoxy) is 2. The fraction of sp³-hybridized carbons (Fsp3) is 0.406. The van der Waals surface area contributed by atoms with Gasteiger partial charge in [0, 0.05) is 5.69 Å². The molecular formula is C32H35F3N6O4. The number of carbonyl (C=O) groups excluding carboxylic acids is 2. The van der Waals surface area contributed by atoms with Crippen LogP contribution in [-0.2, 0) is 17.5 Å². The molecule has 1 aromatic heterocycles. The molecule has 0 atom stereocenters. The van der Waals surface area contributed by atoms with Crippen molar-refractivity contribution in [3.05, 3.63) is 65.4 Å². The van der Waals surface area contributed by atoms with E-state index in [0.29, 0.717) is 27.9 Å². The largest absolute Gasteiger partial charge is 0.470 e. The van der Waals surface area contributed by atoms with Crippen LogP contribution in [0.5, 0.6) is 11.9 Å². The number of alkyl halides is 3. The molecule has 3 amide bonds. The number of para-hydroxylation sites is 1. The topological polar surface area (TPSA) is 121 Å². The normalized spacial score (nSPS) is 15.2. The van der Waals surface area contributed by atoms with Crippen LogP contribution < -0.4 is 19.7 Å². The number of benzene rings is 2. The van der Waals surface area contributed by atoms with Crippen LogP contribution in [0.1, 0.15) is 72.1 Å². The molecule has 2 aromatic carbocycles. The minimum Gasteiger partial charge on any atom is -0.470 e. The van der Waals surface area contributed by atoms with Crippen LogP contribution in [0.3, 0.4) is 0 Å². The van der Waals surface area contributed by atoms with Crippen LogP contribution in [0, 0.1) is 11.3 Å². The van der Waals surface area contributed by atoms with Crippen molar-refractivity contribution >= 4 is 29.0 Å². The Hall–Kier alpha value is -4.86. The number of amides is 3. The average molecular weight is 625 g/mol. The summed E-state index contributed by atoms with van der Waals surface area (Å²) in [4.78, 5) is 38.0. The van der Waals surface area contributed by atoms with Gasteiger partial charge in [-0.15, -0.1) is 0 Å². The van der Waals surface area contributed by atoms with E-state index >= 15 is 0 Å². The van der Waals surface area contributed by atoms with Crippen LogP contribution in [0.2, 0.25) is 0 Å². The lowest BCUT2D eigenvalue weighted by molar-refractivity contribution is -0.137. The Bertz CT molecular complexity index is 1670. The van der Waals surface area contributed by atoms with E-state index in [1.807, 2.05) is 41.5 Å². The zero-order chi connectivity index (χ0) is 33.5. The molecule has 13 heteroatoms. The van der Waals surface area contributed by atoms with Crippen molar-refractivity contribution in [2.24, 2.45) is 0 Å². The smallest absolute Gasteiger partial charge is 0.417 e. The number of aromatic nitrogens is 2. The molecule has 0 bridgehead atoms. The Morgan fingerprint density at radius 1 is 0.956 bits per heavy atom. The second-order valence-corrected chi connectivity index (χ2v) is 13.0. The van der Waals surface area contributed by atoms with E-state index in [1.165, 1.54) is 31.0 Å². The van der Waals surface area contributed by atoms with Crippen LogP contribution in [0.25, 0.3) is 0 Å². The standard InChI is InChI=1S/C32H35F3N6O4/c1-29(2,3)44-25-24(17-37-27(39-25)45-30(4,5)6)38-23-12-10-9-11-20(23)18-40-28(43)41(26(42)31(40,7)8)21-14-13-19(16-36)22(15-21)32(33,34)35/h9-15,17,38H,18H2,1-8H3. The van der Waals surface area contributed by atoms with Gasteiger partial charge in [-0.25, -0.2) is 14.7 Å².